The van der Waals surface area contributed by atoms with E-state index in [0.29, 0.717) is 13.2 Å². The number of Topliss-reactive ketones (excluding diaryl/α,β-unsaturated/α-hetero) is 1. The Morgan fingerprint density at radius 2 is 2.33 bits per heavy atom. The van der Waals surface area contributed by atoms with Crippen molar-refractivity contribution in [3.63, 3.8) is 0 Å². The predicted octanol–water partition coefficient (Wildman–Crippen LogP) is -0.981. The summed E-state index contributed by atoms with van der Waals surface area (Å²) in [5.74, 6) is -1.41. The zero-order valence-corrected chi connectivity index (χ0v) is 6.58. The highest BCUT2D eigenvalue weighted by Crippen LogP contribution is 1.97. The molecule has 1 aliphatic heterocycles. The van der Waals surface area contributed by atoms with Gasteiger partial charge in [0.15, 0.2) is 5.78 Å². The number of hydrogen-bond acceptors (Lipinski definition) is 4. The number of aliphatic carboxylic acids is 1. The van der Waals surface area contributed by atoms with Crippen molar-refractivity contribution >= 4 is 11.8 Å². The van der Waals surface area contributed by atoms with Gasteiger partial charge >= 0.3 is 5.97 Å². The number of carbonyl (C=O) groups excluding carboxylic acids is 1. The molecule has 0 aromatic rings. The van der Waals surface area contributed by atoms with E-state index >= 15 is 0 Å². The van der Waals surface area contributed by atoms with Gasteiger partial charge in [-0.2, -0.15) is 0 Å². The van der Waals surface area contributed by atoms with Crippen LogP contribution in [0.5, 0.6) is 0 Å². The fourth-order valence-corrected chi connectivity index (χ4v) is 1.04. The van der Waals surface area contributed by atoms with Gasteiger partial charge in [-0.3, -0.25) is 9.59 Å². The lowest BCUT2D eigenvalue weighted by Gasteiger charge is -2.21. The van der Waals surface area contributed by atoms with Gasteiger partial charge in [0, 0.05) is 6.54 Å². The lowest BCUT2D eigenvalue weighted by Crippen LogP contribution is -2.46. The predicted molar refractivity (Wildman–Crippen MR) is 39.9 cm³/mol. The van der Waals surface area contributed by atoms with Crippen molar-refractivity contribution in [2.45, 2.75) is 12.5 Å². The van der Waals surface area contributed by atoms with Crippen molar-refractivity contribution in [3.05, 3.63) is 0 Å². The zero-order valence-electron chi connectivity index (χ0n) is 6.58. The Balaban J connectivity index is 2.34. The van der Waals surface area contributed by atoms with Gasteiger partial charge in [0.1, 0.15) is 6.42 Å². The zero-order chi connectivity index (χ0) is 8.97. The van der Waals surface area contributed by atoms with Crippen molar-refractivity contribution in [1.29, 1.82) is 0 Å². The molecule has 2 N–H and O–H groups in total. The standard InChI is InChI=1S/C7H11NO4/c9-6(3-7(10)11)5-4-12-2-1-8-5/h5,8H,1-4H2,(H,10,11). The monoisotopic (exact) mass is 173 g/mol. The fourth-order valence-electron chi connectivity index (χ4n) is 1.04. The summed E-state index contributed by atoms with van der Waals surface area (Å²) >= 11 is 0. The number of ketones is 1. The molecule has 5 nitrogen and oxygen atoms in total. The molecule has 0 spiro atoms. The summed E-state index contributed by atoms with van der Waals surface area (Å²) in [4.78, 5) is 21.2. The Morgan fingerprint density at radius 1 is 1.58 bits per heavy atom. The van der Waals surface area contributed by atoms with E-state index in [4.69, 9.17) is 9.84 Å². The maximum atomic E-state index is 11.1. The number of morpholine rings is 1. The molecule has 0 saturated carbocycles. The number of hydrogen-bond donors (Lipinski definition) is 2. The van der Waals surface area contributed by atoms with E-state index in [1.54, 1.807) is 0 Å². The van der Waals surface area contributed by atoms with Gasteiger partial charge in [-0.15, -0.1) is 0 Å². The number of ether oxygens (including phenoxy) is 1. The molecule has 0 amide bonds. The van der Waals surface area contributed by atoms with Crippen LogP contribution in [0.4, 0.5) is 0 Å². The molecule has 1 unspecified atom stereocenters. The van der Waals surface area contributed by atoms with Crippen molar-refractivity contribution in [2.24, 2.45) is 0 Å². The molecule has 1 saturated heterocycles. The summed E-state index contributed by atoms with van der Waals surface area (Å²) in [6, 6.07) is -0.435. The third-order valence-corrected chi connectivity index (χ3v) is 1.64. The highest BCUT2D eigenvalue weighted by atomic mass is 16.5. The topological polar surface area (TPSA) is 75.6 Å². The smallest absolute Gasteiger partial charge is 0.310 e. The first kappa shape index (κ1) is 9.15. The van der Waals surface area contributed by atoms with Crippen molar-refractivity contribution in [1.82, 2.24) is 5.32 Å². The van der Waals surface area contributed by atoms with Crippen LogP contribution in [0.2, 0.25) is 0 Å². The number of carbonyl (C=O) groups is 2. The Morgan fingerprint density at radius 3 is 2.83 bits per heavy atom. The summed E-state index contributed by atoms with van der Waals surface area (Å²) in [5.41, 5.74) is 0. The molecule has 1 heterocycles. The molecule has 0 bridgehead atoms. The van der Waals surface area contributed by atoms with Gasteiger partial charge in [-0.25, -0.2) is 0 Å². The van der Waals surface area contributed by atoms with E-state index in [1.165, 1.54) is 0 Å². The summed E-state index contributed by atoms with van der Waals surface area (Å²) in [6.45, 7) is 1.47. The van der Waals surface area contributed by atoms with E-state index in [9.17, 15) is 9.59 Å². The van der Waals surface area contributed by atoms with E-state index in [0.717, 1.165) is 0 Å². The number of rotatable bonds is 3. The van der Waals surface area contributed by atoms with Crippen molar-refractivity contribution in [2.75, 3.05) is 19.8 Å². The quantitative estimate of drug-likeness (QED) is 0.536. The van der Waals surface area contributed by atoms with Crippen LogP contribution in [0.15, 0.2) is 0 Å². The number of carboxylic acids is 1. The molecular formula is C7H11NO4. The van der Waals surface area contributed by atoms with Crippen molar-refractivity contribution < 1.29 is 19.4 Å². The van der Waals surface area contributed by atoms with Crippen LogP contribution in [0.1, 0.15) is 6.42 Å². The van der Waals surface area contributed by atoms with Crippen LogP contribution in [-0.2, 0) is 14.3 Å². The number of carboxylic acid groups (broad SMARTS) is 1. The van der Waals surface area contributed by atoms with Crippen LogP contribution < -0.4 is 5.32 Å². The second kappa shape index (κ2) is 4.18. The molecule has 12 heavy (non-hydrogen) atoms. The van der Waals surface area contributed by atoms with Crippen LogP contribution in [0, 0.1) is 0 Å². The largest absolute Gasteiger partial charge is 0.481 e. The minimum absolute atomic E-state index is 0.284. The molecule has 0 aromatic heterocycles. The van der Waals surface area contributed by atoms with Gasteiger partial charge < -0.3 is 15.2 Å². The molecule has 1 aliphatic rings. The van der Waals surface area contributed by atoms with Gasteiger partial charge in [-0.05, 0) is 0 Å². The van der Waals surface area contributed by atoms with Gasteiger partial charge in [0.25, 0.3) is 0 Å². The maximum Gasteiger partial charge on any atom is 0.310 e. The fraction of sp³-hybridized carbons (Fsp3) is 0.714. The summed E-state index contributed by atoms with van der Waals surface area (Å²) in [5, 5.41) is 11.2. The second-order valence-electron chi connectivity index (χ2n) is 2.62. The molecule has 1 fully saturated rings. The van der Waals surface area contributed by atoms with E-state index in [1.807, 2.05) is 0 Å². The third-order valence-electron chi connectivity index (χ3n) is 1.64. The normalized spacial score (nSPS) is 23.5. The van der Waals surface area contributed by atoms with Crippen LogP contribution in [-0.4, -0.2) is 42.7 Å². The Hall–Kier alpha value is -0.940. The average molecular weight is 173 g/mol. The number of nitrogens with one attached hydrogen (secondary N) is 1. The maximum absolute atomic E-state index is 11.1. The minimum atomic E-state index is -1.09. The van der Waals surface area contributed by atoms with E-state index < -0.39 is 18.4 Å². The Kier molecular flexibility index (Phi) is 3.19. The first-order valence-corrected chi connectivity index (χ1v) is 3.76. The Bertz CT molecular complexity index is 186. The van der Waals surface area contributed by atoms with E-state index in [-0.39, 0.29) is 12.4 Å². The first-order chi connectivity index (χ1) is 5.70. The van der Waals surface area contributed by atoms with Crippen LogP contribution in [0.3, 0.4) is 0 Å². The van der Waals surface area contributed by atoms with Crippen LogP contribution in [0.25, 0.3) is 0 Å². The first-order valence-electron chi connectivity index (χ1n) is 3.76. The third kappa shape index (κ3) is 2.60. The lowest BCUT2D eigenvalue weighted by atomic mass is 10.1. The molecular weight excluding hydrogens is 162 g/mol. The summed E-state index contributed by atoms with van der Waals surface area (Å²) in [7, 11) is 0. The van der Waals surface area contributed by atoms with Gasteiger partial charge in [-0.1, -0.05) is 0 Å². The van der Waals surface area contributed by atoms with Gasteiger partial charge in [0.05, 0.1) is 19.3 Å². The lowest BCUT2D eigenvalue weighted by molar-refractivity contribution is -0.141. The molecule has 5 heteroatoms. The minimum Gasteiger partial charge on any atom is -0.481 e. The molecule has 68 valence electrons. The van der Waals surface area contributed by atoms with E-state index in [2.05, 4.69) is 5.32 Å². The summed E-state index contributed by atoms with van der Waals surface area (Å²) in [6.07, 6.45) is -0.430. The van der Waals surface area contributed by atoms with Crippen molar-refractivity contribution in [3.8, 4) is 0 Å². The molecule has 1 atom stereocenters. The Labute approximate surface area is 69.7 Å². The average Bonchev–Trinajstić information content (AvgIpc) is 2.05. The molecule has 0 aromatic carbocycles. The highest BCUT2D eigenvalue weighted by Gasteiger charge is 2.22. The summed E-state index contributed by atoms with van der Waals surface area (Å²) < 4.78 is 5.01. The molecule has 0 radical (unpaired) electrons. The second-order valence-corrected chi connectivity index (χ2v) is 2.62. The van der Waals surface area contributed by atoms with Crippen LogP contribution >= 0.6 is 0 Å². The van der Waals surface area contributed by atoms with Gasteiger partial charge in [0.2, 0.25) is 0 Å². The highest BCUT2D eigenvalue weighted by molar-refractivity contribution is 5.97. The molecule has 1 rings (SSSR count). The SMILES string of the molecule is O=C(O)CC(=O)C1COCCN1. The molecule has 0 aliphatic carbocycles.